The highest BCUT2D eigenvalue weighted by atomic mass is 127. The zero-order valence-electron chi connectivity index (χ0n) is 17.5. The third-order valence-electron chi connectivity index (χ3n) is 5.28. The lowest BCUT2D eigenvalue weighted by molar-refractivity contribution is -0.121. The molecule has 1 saturated heterocycles. The monoisotopic (exact) mass is 535 g/mol. The summed E-state index contributed by atoms with van der Waals surface area (Å²) in [6.45, 7) is 9.10. The van der Waals surface area contributed by atoms with Crippen LogP contribution in [0, 0.1) is 0 Å². The Bertz CT molecular complexity index is 655. The lowest BCUT2D eigenvalue weighted by atomic mass is 10.2. The molecule has 1 aliphatic carbocycles. The molecule has 29 heavy (non-hydrogen) atoms. The van der Waals surface area contributed by atoms with Crippen molar-refractivity contribution in [1.82, 2.24) is 24.9 Å². The molecule has 164 valence electrons. The molecule has 0 atom stereocenters. The number of carbonyl (C=O) groups excluding carboxylic acids is 1. The maximum absolute atomic E-state index is 12.1. The molecule has 0 aromatic carbocycles. The molecule has 2 N–H and O–H groups in total. The van der Waals surface area contributed by atoms with Crippen molar-refractivity contribution < 1.29 is 4.79 Å². The normalized spacial score (nSPS) is 17.9. The lowest BCUT2D eigenvalue weighted by Gasteiger charge is -2.36. The van der Waals surface area contributed by atoms with Crippen LogP contribution in [0.25, 0.3) is 0 Å². The fraction of sp³-hybridized carbons (Fsp3) is 0.789. The standard InChI is InChI=1S/C19H33N7OS.HI/c1-3-16-23-19(28-24-16)26-13-11-25(12-14-26)18(20-4-2)21-10-9-17(27)22-15-7-5-6-8-15;/h15H,3-14H2,1-2H3,(H,20,21)(H,22,27);1H. The van der Waals surface area contributed by atoms with Crippen LogP contribution in [0.5, 0.6) is 0 Å². The summed E-state index contributed by atoms with van der Waals surface area (Å²) in [7, 11) is 0. The summed E-state index contributed by atoms with van der Waals surface area (Å²) in [6.07, 6.45) is 6.04. The first-order valence-corrected chi connectivity index (χ1v) is 11.4. The number of nitrogens with one attached hydrogen (secondary N) is 2. The van der Waals surface area contributed by atoms with Crippen molar-refractivity contribution in [3.63, 3.8) is 0 Å². The third kappa shape index (κ3) is 7.23. The van der Waals surface area contributed by atoms with Gasteiger partial charge in [-0.05, 0) is 19.8 Å². The summed E-state index contributed by atoms with van der Waals surface area (Å²) >= 11 is 1.49. The number of amides is 1. The van der Waals surface area contributed by atoms with Crippen molar-refractivity contribution in [2.75, 3.05) is 44.2 Å². The lowest BCUT2D eigenvalue weighted by Crippen LogP contribution is -2.52. The molecule has 1 aromatic heterocycles. The van der Waals surface area contributed by atoms with E-state index in [2.05, 4.69) is 43.6 Å². The molecule has 0 bridgehead atoms. The first-order chi connectivity index (χ1) is 13.7. The van der Waals surface area contributed by atoms with E-state index in [0.717, 1.165) is 68.9 Å². The number of halogens is 1. The van der Waals surface area contributed by atoms with Crippen molar-refractivity contribution in [1.29, 1.82) is 0 Å². The molecule has 2 fully saturated rings. The van der Waals surface area contributed by atoms with Gasteiger partial charge in [-0.1, -0.05) is 19.8 Å². The van der Waals surface area contributed by atoms with Crippen molar-refractivity contribution in [3.8, 4) is 0 Å². The molecule has 2 aliphatic rings. The molecular weight excluding hydrogens is 501 g/mol. The van der Waals surface area contributed by atoms with Crippen molar-refractivity contribution in [2.45, 2.75) is 58.4 Å². The Hall–Kier alpha value is -1.17. The largest absolute Gasteiger partial charge is 0.357 e. The average Bonchev–Trinajstić information content (AvgIpc) is 3.39. The van der Waals surface area contributed by atoms with E-state index in [1.165, 1.54) is 24.4 Å². The Morgan fingerprint density at radius 1 is 1.21 bits per heavy atom. The third-order valence-corrected chi connectivity index (χ3v) is 6.09. The van der Waals surface area contributed by atoms with Crippen LogP contribution >= 0.6 is 35.5 Å². The van der Waals surface area contributed by atoms with Crippen LogP contribution in [0.1, 0.15) is 51.8 Å². The number of aliphatic imine (C=N–C) groups is 1. The second kappa shape index (κ2) is 12.5. The van der Waals surface area contributed by atoms with Crippen LogP contribution in [0.2, 0.25) is 0 Å². The van der Waals surface area contributed by atoms with E-state index >= 15 is 0 Å². The molecule has 1 aromatic rings. The molecule has 10 heteroatoms. The van der Waals surface area contributed by atoms with Crippen LogP contribution in [0.15, 0.2) is 4.99 Å². The highest BCUT2D eigenvalue weighted by Crippen LogP contribution is 2.19. The van der Waals surface area contributed by atoms with Gasteiger partial charge in [0, 0.05) is 63.1 Å². The first-order valence-electron chi connectivity index (χ1n) is 10.6. The number of aryl methyl sites for hydroxylation is 1. The van der Waals surface area contributed by atoms with E-state index in [1.807, 2.05) is 0 Å². The second-order valence-corrected chi connectivity index (χ2v) is 8.09. The molecule has 3 rings (SSSR count). The Morgan fingerprint density at radius 2 is 1.93 bits per heavy atom. The maximum Gasteiger partial charge on any atom is 0.222 e. The van der Waals surface area contributed by atoms with Gasteiger partial charge in [-0.2, -0.15) is 4.37 Å². The van der Waals surface area contributed by atoms with Gasteiger partial charge in [-0.25, -0.2) is 4.98 Å². The summed E-state index contributed by atoms with van der Waals surface area (Å²) in [5.41, 5.74) is 0. The van der Waals surface area contributed by atoms with Gasteiger partial charge in [-0.15, -0.1) is 24.0 Å². The van der Waals surface area contributed by atoms with Crippen LogP contribution in [-0.4, -0.2) is 71.4 Å². The van der Waals surface area contributed by atoms with Crippen LogP contribution in [-0.2, 0) is 11.2 Å². The van der Waals surface area contributed by atoms with E-state index in [1.54, 1.807) is 0 Å². The smallest absolute Gasteiger partial charge is 0.222 e. The number of hydrogen-bond donors (Lipinski definition) is 2. The number of aromatic nitrogens is 2. The van der Waals surface area contributed by atoms with Gasteiger partial charge >= 0.3 is 0 Å². The molecule has 0 unspecified atom stereocenters. The Morgan fingerprint density at radius 3 is 2.55 bits per heavy atom. The highest BCUT2D eigenvalue weighted by Gasteiger charge is 2.22. The molecule has 0 radical (unpaired) electrons. The zero-order valence-corrected chi connectivity index (χ0v) is 20.7. The maximum atomic E-state index is 12.1. The molecule has 8 nitrogen and oxygen atoms in total. The summed E-state index contributed by atoms with van der Waals surface area (Å²) in [5, 5.41) is 7.52. The van der Waals surface area contributed by atoms with E-state index < -0.39 is 0 Å². The zero-order chi connectivity index (χ0) is 19.8. The molecule has 2 heterocycles. The van der Waals surface area contributed by atoms with Crippen molar-refractivity contribution in [2.24, 2.45) is 4.99 Å². The van der Waals surface area contributed by atoms with Crippen molar-refractivity contribution in [3.05, 3.63) is 5.82 Å². The predicted octanol–water partition coefficient (Wildman–Crippen LogP) is 2.25. The van der Waals surface area contributed by atoms with Gasteiger partial charge in [0.15, 0.2) is 5.96 Å². The van der Waals surface area contributed by atoms with E-state index in [4.69, 9.17) is 4.99 Å². The Balaban J connectivity index is 0.00000300. The topological polar surface area (TPSA) is 85.8 Å². The molecular formula is C19H34IN7OS. The Kier molecular flexibility index (Phi) is 10.4. The number of rotatable bonds is 7. The molecule has 1 amide bonds. The van der Waals surface area contributed by atoms with E-state index in [9.17, 15) is 4.79 Å². The summed E-state index contributed by atoms with van der Waals surface area (Å²) in [6, 6.07) is 0.381. The SMILES string of the molecule is CCNC(=NCCC(=O)NC1CCCC1)N1CCN(c2nc(CC)ns2)CC1.I. The fourth-order valence-corrected chi connectivity index (χ4v) is 4.49. The highest BCUT2D eigenvalue weighted by molar-refractivity contribution is 14.0. The second-order valence-electron chi connectivity index (χ2n) is 7.36. The van der Waals surface area contributed by atoms with Gasteiger partial charge in [0.25, 0.3) is 0 Å². The number of nitrogens with zero attached hydrogens (tertiary/aromatic N) is 5. The number of piperazine rings is 1. The van der Waals surface area contributed by atoms with Gasteiger partial charge in [0.1, 0.15) is 5.82 Å². The van der Waals surface area contributed by atoms with Crippen LogP contribution < -0.4 is 15.5 Å². The Labute approximate surface area is 195 Å². The average molecular weight is 536 g/mol. The molecule has 1 saturated carbocycles. The minimum absolute atomic E-state index is 0. The fourth-order valence-electron chi connectivity index (χ4n) is 3.69. The van der Waals surface area contributed by atoms with Gasteiger partial charge in [0.05, 0.1) is 6.54 Å². The van der Waals surface area contributed by atoms with E-state index in [0.29, 0.717) is 19.0 Å². The van der Waals surface area contributed by atoms with Gasteiger partial charge in [0.2, 0.25) is 11.0 Å². The first kappa shape index (κ1) is 24.1. The quantitative estimate of drug-likeness (QED) is 0.317. The number of guanidine groups is 1. The summed E-state index contributed by atoms with van der Waals surface area (Å²) in [4.78, 5) is 26.0. The molecule has 0 spiro atoms. The predicted molar refractivity (Wildman–Crippen MR) is 129 cm³/mol. The summed E-state index contributed by atoms with van der Waals surface area (Å²) < 4.78 is 4.39. The van der Waals surface area contributed by atoms with Crippen LogP contribution in [0.4, 0.5) is 5.13 Å². The summed E-state index contributed by atoms with van der Waals surface area (Å²) in [5.74, 6) is 1.95. The molecule has 1 aliphatic heterocycles. The minimum atomic E-state index is 0. The van der Waals surface area contributed by atoms with Crippen LogP contribution in [0.3, 0.4) is 0 Å². The number of carbonyl (C=O) groups is 1. The van der Waals surface area contributed by atoms with E-state index in [-0.39, 0.29) is 29.9 Å². The number of hydrogen-bond acceptors (Lipinski definition) is 6. The minimum Gasteiger partial charge on any atom is -0.357 e. The number of anilines is 1. The van der Waals surface area contributed by atoms with Crippen molar-refractivity contribution >= 4 is 52.5 Å². The van der Waals surface area contributed by atoms with Gasteiger partial charge < -0.3 is 20.4 Å². The van der Waals surface area contributed by atoms with Gasteiger partial charge in [-0.3, -0.25) is 9.79 Å².